The molecule has 0 spiro atoms. The van der Waals surface area contributed by atoms with Crippen molar-refractivity contribution in [3.8, 4) is 11.5 Å². The average Bonchev–Trinajstić information content (AvgIpc) is 2.49. The van der Waals surface area contributed by atoms with Crippen molar-refractivity contribution in [2.45, 2.75) is 18.6 Å². The molecular weight excluding hydrogens is 354 g/mol. The van der Waals surface area contributed by atoms with Crippen molar-refractivity contribution < 1.29 is 9.47 Å². The molecule has 0 aromatic heterocycles. The zero-order valence-corrected chi connectivity index (χ0v) is 13.8. The number of halogens is 2. The van der Waals surface area contributed by atoms with Crippen molar-refractivity contribution in [1.29, 1.82) is 0 Å². The Hall–Kier alpha value is -1.23. The highest BCUT2D eigenvalue weighted by Gasteiger charge is 2.28. The smallest absolute Gasteiger partial charge is 0.127 e. The summed E-state index contributed by atoms with van der Waals surface area (Å²) in [6.07, 6.45) is 0.577. The average molecular weight is 369 g/mol. The minimum Gasteiger partial charge on any atom is -0.497 e. The molecule has 3 rings (SSSR count). The maximum atomic E-state index is 6.30. The van der Waals surface area contributed by atoms with Gasteiger partial charge in [0.15, 0.2) is 0 Å². The van der Waals surface area contributed by atoms with Crippen LogP contribution in [0.2, 0.25) is 5.02 Å². The number of nitrogens with two attached hydrogens (primary N) is 1. The SMILES string of the molecule is COc1ccc2c(c1)[C@@H](N)CC(c1cc(Cl)ccc1Br)O2. The van der Waals surface area contributed by atoms with Gasteiger partial charge in [0.05, 0.1) is 7.11 Å². The lowest BCUT2D eigenvalue weighted by molar-refractivity contribution is 0.160. The molecular formula is C16H15BrClNO2. The Bertz CT molecular complexity index is 677. The van der Waals surface area contributed by atoms with Crippen LogP contribution < -0.4 is 15.2 Å². The standard InChI is InChI=1S/C16H15BrClNO2/c1-20-10-3-5-15-12(7-10)14(19)8-16(21-15)11-6-9(18)2-4-13(11)17/h2-7,14,16H,8,19H2,1H3/t14-,16?/m0/s1. The highest BCUT2D eigenvalue weighted by Crippen LogP contribution is 2.43. The van der Waals surface area contributed by atoms with E-state index in [0.29, 0.717) is 11.4 Å². The maximum absolute atomic E-state index is 6.30. The number of fused-ring (bicyclic) bond motifs is 1. The van der Waals surface area contributed by atoms with E-state index in [2.05, 4.69) is 15.9 Å². The summed E-state index contributed by atoms with van der Waals surface area (Å²) in [5.41, 5.74) is 8.29. The van der Waals surface area contributed by atoms with E-state index < -0.39 is 0 Å². The Morgan fingerprint density at radius 2 is 2.05 bits per heavy atom. The molecule has 1 aliphatic heterocycles. The van der Waals surface area contributed by atoms with Gasteiger partial charge in [0.1, 0.15) is 17.6 Å². The zero-order valence-electron chi connectivity index (χ0n) is 11.5. The van der Waals surface area contributed by atoms with Crippen LogP contribution >= 0.6 is 27.5 Å². The molecule has 5 heteroatoms. The van der Waals surface area contributed by atoms with Gasteiger partial charge < -0.3 is 15.2 Å². The normalized spacial score (nSPS) is 20.6. The van der Waals surface area contributed by atoms with Gasteiger partial charge in [-0.15, -0.1) is 0 Å². The molecule has 0 bridgehead atoms. The van der Waals surface area contributed by atoms with Crippen LogP contribution in [0.5, 0.6) is 11.5 Å². The second kappa shape index (κ2) is 5.87. The second-order valence-corrected chi connectivity index (χ2v) is 6.31. The van der Waals surface area contributed by atoms with Gasteiger partial charge in [0.2, 0.25) is 0 Å². The van der Waals surface area contributed by atoms with E-state index in [4.69, 9.17) is 26.8 Å². The molecule has 0 radical (unpaired) electrons. The fourth-order valence-electron chi connectivity index (χ4n) is 2.56. The van der Waals surface area contributed by atoms with Gasteiger partial charge >= 0.3 is 0 Å². The predicted molar refractivity (Wildman–Crippen MR) is 87.1 cm³/mol. The molecule has 0 aliphatic carbocycles. The van der Waals surface area contributed by atoms with Crippen molar-refractivity contribution in [3.63, 3.8) is 0 Å². The summed E-state index contributed by atoms with van der Waals surface area (Å²) < 4.78 is 12.3. The first kappa shape index (κ1) is 14.7. The molecule has 3 nitrogen and oxygen atoms in total. The largest absolute Gasteiger partial charge is 0.497 e. The van der Waals surface area contributed by atoms with E-state index in [1.807, 2.05) is 36.4 Å². The van der Waals surface area contributed by atoms with Crippen molar-refractivity contribution in [2.75, 3.05) is 7.11 Å². The van der Waals surface area contributed by atoms with Gasteiger partial charge in [-0.1, -0.05) is 27.5 Å². The minimum atomic E-state index is -0.117. The quantitative estimate of drug-likeness (QED) is 0.840. The first-order valence-corrected chi connectivity index (χ1v) is 7.80. The zero-order chi connectivity index (χ0) is 15.0. The Labute approximate surface area is 137 Å². The molecule has 21 heavy (non-hydrogen) atoms. The molecule has 0 saturated carbocycles. The van der Waals surface area contributed by atoms with Gasteiger partial charge in [-0.3, -0.25) is 0 Å². The summed E-state index contributed by atoms with van der Waals surface area (Å²) in [7, 11) is 1.64. The van der Waals surface area contributed by atoms with Crippen LogP contribution in [0, 0.1) is 0 Å². The fourth-order valence-corrected chi connectivity index (χ4v) is 3.24. The van der Waals surface area contributed by atoms with E-state index in [1.54, 1.807) is 7.11 Å². The third kappa shape index (κ3) is 2.89. The van der Waals surface area contributed by atoms with E-state index in [-0.39, 0.29) is 12.1 Å². The lowest BCUT2D eigenvalue weighted by Crippen LogP contribution is -2.24. The van der Waals surface area contributed by atoms with E-state index in [0.717, 1.165) is 27.1 Å². The van der Waals surface area contributed by atoms with Crippen molar-refractivity contribution in [2.24, 2.45) is 5.73 Å². The lowest BCUT2D eigenvalue weighted by atomic mass is 9.93. The van der Waals surface area contributed by atoms with E-state index in [1.165, 1.54) is 0 Å². The first-order chi connectivity index (χ1) is 10.1. The number of benzene rings is 2. The Morgan fingerprint density at radius 1 is 1.24 bits per heavy atom. The van der Waals surface area contributed by atoms with Crippen LogP contribution in [-0.4, -0.2) is 7.11 Å². The molecule has 2 aromatic carbocycles. The number of ether oxygens (including phenoxy) is 2. The van der Waals surface area contributed by atoms with Gasteiger partial charge in [0.25, 0.3) is 0 Å². The second-order valence-electron chi connectivity index (χ2n) is 5.02. The molecule has 0 amide bonds. The molecule has 110 valence electrons. The first-order valence-electron chi connectivity index (χ1n) is 6.63. The fraction of sp³-hybridized carbons (Fsp3) is 0.250. The summed E-state index contributed by atoms with van der Waals surface area (Å²) >= 11 is 9.64. The van der Waals surface area contributed by atoms with Crippen molar-refractivity contribution in [1.82, 2.24) is 0 Å². The molecule has 2 atom stereocenters. The predicted octanol–water partition coefficient (Wildman–Crippen LogP) is 4.63. The van der Waals surface area contributed by atoms with E-state index in [9.17, 15) is 0 Å². The molecule has 0 saturated heterocycles. The topological polar surface area (TPSA) is 44.5 Å². The summed E-state index contributed by atoms with van der Waals surface area (Å²) in [5.74, 6) is 1.58. The number of methoxy groups -OCH3 is 1. The van der Waals surface area contributed by atoms with Crippen LogP contribution in [0.25, 0.3) is 0 Å². The number of hydrogen-bond donors (Lipinski definition) is 1. The monoisotopic (exact) mass is 367 g/mol. The Kier molecular flexibility index (Phi) is 4.11. The molecule has 0 fully saturated rings. The minimum absolute atomic E-state index is 0.0975. The van der Waals surface area contributed by atoms with Gasteiger partial charge in [-0.05, 0) is 36.4 Å². The van der Waals surface area contributed by atoms with Gasteiger partial charge in [0, 0.05) is 33.1 Å². The van der Waals surface area contributed by atoms with Crippen LogP contribution in [0.15, 0.2) is 40.9 Å². The number of rotatable bonds is 2. The lowest BCUT2D eigenvalue weighted by Gasteiger charge is -2.31. The molecule has 1 aliphatic rings. The maximum Gasteiger partial charge on any atom is 0.127 e. The molecule has 2 N–H and O–H groups in total. The summed E-state index contributed by atoms with van der Waals surface area (Å²) in [6.45, 7) is 0. The number of hydrogen-bond acceptors (Lipinski definition) is 3. The van der Waals surface area contributed by atoms with Crippen molar-refractivity contribution in [3.05, 3.63) is 57.0 Å². The van der Waals surface area contributed by atoms with Crippen molar-refractivity contribution >= 4 is 27.5 Å². The molecule has 1 heterocycles. The Morgan fingerprint density at radius 3 is 2.81 bits per heavy atom. The van der Waals surface area contributed by atoms with Crippen LogP contribution in [0.1, 0.15) is 29.7 Å². The summed E-state index contributed by atoms with van der Waals surface area (Å²) in [6, 6.07) is 11.3. The van der Waals surface area contributed by atoms with Gasteiger partial charge in [-0.25, -0.2) is 0 Å². The summed E-state index contributed by atoms with van der Waals surface area (Å²) in [4.78, 5) is 0. The summed E-state index contributed by atoms with van der Waals surface area (Å²) in [5, 5.41) is 0.686. The third-order valence-corrected chi connectivity index (χ3v) is 4.62. The highest BCUT2D eigenvalue weighted by atomic mass is 79.9. The molecule has 2 aromatic rings. The van der Waals surface area contributed by atoms with E-state index >= 15 is 0 Å². The molecule has 1 unspecified atom stereocenters. The van der Waals surface area contributed by atoms with Crippen LogP contribution in [-0.2, 0) is 0 Å². The Balaban J connectivity index is 1.96. The third-order valence-electron chi connectivity index (χ3n) is 3.66. The van der Waals surface area contributed by atoms with Crippen LogP contribution in [0.3, 0.4) is 0 Å². The highest BCUT2D eigenvalue weighted by molar-refractivity contribution is 9.10. The van der Waals surface area contributed by atoms with Crippen LogP contribution in [0.4, 0.5) is 0 Å². The van der Waals surface area contributed by atoms with Gasteiger partial charge in [-0.2, -0.15) is 0 Å².